The van der Waals surface area contributed by atoms with Gasteiger partial charge in [0.2, 0.25) is 5.89 Å². The van der Waals surface area contributed by atoms with Crippen LogP contribution in [0.5, 0.6) is 5.75 Å². The van der Waals surface area contributed by atoms with E-state index >= 15 is 0 Å². The predicted molar refractivity (Wildman–Crippen MR) is 103 cm³/mol. The SMILES string of the molecule is O=C(c1coc(COc2ccc(Cl)c3cccnc23)n1)N1CC2CC1CS2. The topological polar surface area (TPSA) is 68.5 Å². The Hall–Kier alpha value is -2.25. The van der Waals surface area contributed by atoms with Gasteiger partial charge in [-0.2, -0.15) is 11.8 Å². The van der Waals surface area contributed by atoms with Gasteiger partial charge in [0.1, 0.15) is 17.5 Å². The summed E-state index contributed by atoms with van der Waals surface area (Å²) in [5.41, 5.74) is 1.02. The van der Waals surface area contributed by atoms with Crippen molar-refractivity contribution in [2.45, 2.75) is 24.3 Å². The fourth-order valence-electron chi connectivity index (χ4n) is 3.64. The van der Waals surface area contributed by atoms with E-state index in [2.05, 4.69) is 9.97 Å². The molecule has 4 heterocycles. The molecule has 2 aliphatic rings. The molecule has 27 heavy (non-hydrogen) atoms. The number of ether oxygens (including phenoxy) is 1. The van der Waals surface area contributed by atoms with E-state index in [1.807, 2.05) is 28.8 Å². The maximum Gasteiger partial charge on any atom is 0.276 e. The van der Waals surface area contributed by atoms with Gasteiger partial charge in [0.15, 0.2) is 12.3 Å². The van der Waals surface area contributed by atoms with E-state index in [1.165, 1.54) is 6.26 Å². The molecule has 2 fully saturated rings. The first-order chi connectivity index (χ1) is 13.2. The van der Waals surface area contributed by atoms with Crippen LogP contribution in [0.3, 0.4) is 0 Å². The molecule has 1 aromatic carbocycles. The minimum absolute atomic E-state index is 0.0589. The van der Waals surface area contributed by atoms with Crippen molar-refractivity contribution >= 4 is 40.2 Å². The monoisotopic (exact) mass is 401 g/mol. The van der Waals surface area contributed by atoms with Crippen molar-refractivity contribution in [2.24, 2.45) is 0 Å². The highest BCUT2D eigenvalue weighted by Gasteiger charge is 2.41. The number of fused-ring (bicyclic) bond motifs is 3. The highest BCUT2D eigenvalue weighted by Crippen LogP contribution is 2.38. The van der Waals surface area contributed by atoms with E-state index < -0.39 is 0 Å². The predicted octanol–water partition coefficient (Wildman–Crippen LogP) is 3.79. The quantitative estimate of drug-likeness (QED) is 0.662. The van der Waals surface area contributed by atoms with Crippen molar-refractivity contribution in [1.29, 1.82) is 0 Å². The molecule has 1 amide bonds. The van der Waals surface area contributed by atoms with Gasteiger partial charge in [-0.15, -0.1) is 0 Å². The number of hydrogen-bond acceptors (Lipinski definition) is 6. The Morgan fingerprint density at radius 1 is 1.41 bits per heavy atom. The van der Waals surface area contributed by atoms with Crippen LogP contribution in [0, 0.1) is 0 Å². The van der Waals surface area contributed by atoms with E-state index in [4.69, 9.17) is 20.8 Å². The van der Waals surface area contributed by atoms with Gasteiger partial charge >= 0.3 is 0 Å². The molecule has 2 atom stereocenters. The number of rotatable bonds is 4. The lowest BCUT2D eigenvalue weighted by atomic mass is 10.2. The van der Waals surface area contributed by atoms with Gasteiger partial charge in [-0.05, 0) is 30.7 Å². The number of carbonyl (C=O) groups excluding carboxylic acids is 1. The van der Waals surface area contributed by atoms with Crippen LogP contribution >= 0.6 is 23.4 Å². The van der Waals surface area contributed by atoms with Gasteiger partial charge in [0.25, 0.3) is 5.91 Å². The largest absolute Gasteiger partial charge is 0.482 e. The summed E-state index contributed by atoms with van der Waals surface area (Å²) in [5, 5.41) is 2.01. The van der Waals surface area contributed by atoms with E-state index in [-0.39, 0.29) is 12.5 Å². The van der Waals surface area contributed by atoms with Gasteiger partial charge in [-0.3, -0.25) is 9.78 Å². The summed E-state index contributed by atoms with van der Waals surface area (Å²) in [7, 11) is 0. The third-order valence-corrected chi connectivity index (χ3v) is 6.68. The summed E-state index contributed by atoms with van der Waals surface area (Å²) in [6.45, 7) is 0.914. The zero-order valence-electron chi connectivity index (χ0n) is 14.3. The number of carbonyl (C=O) groups is 1. The van der Waals surface area contributed by atoms with Crippen LogP contribution in [0.25, 0.3) is 10.9 Å². The van der Waals surface area contributed by atoms with Crippen molar-refractivity contribution in [3.05, 3.63) is 53.3 Å². The number of halogens is 1. The molecule has 2 unspecified atom stereocenters. The van der Waals surface area contributed by atoms with E-state index in [9.17, 15) is 4.79 Å². The molecule has 0 N–H and O–H groups in total. The highest BCUT2D eigenvalue weighted by molar-refractivity contribution is 8.00. The molecule has 5 rings (SSSR count). The highest BCUT2D eigenvalue weighted by atomic mass is 35.5. The lowest BCUT2D eigenvalue weighted by Crippen LogP contribution is -2.39. The number of oxazole rings is 1. The molecule has 0 saturated carbocycles. The van der Waals surface area contributed by atoms with Crippen LogP contribution in [0.4, 0.5) is 0 Å². The number of amides is 1. The lowest BCUT2D eigenvalue weighted by molar-refractivity contribution is 0.0741. The molecule has 6 nitrogen and oxygen atoms in total. The Kier molecular flexibility index (Phi) is 4.21. The number of likely N-dealkylation sites (tertiary alicyclic amines) is 1. The second-order valence-electron chi connectivity index (χ2n) is 6.66. The van der Waals surface area contributed by atoms with Crippen LogP contribution in [0.2, 0.25) is 5.02 Å². The fourth-order valence-corrected chi connectivity index (χ4v) is 5.29. The summed E-state index contributed by atoms with van der Waals surface area (Å²) in [4.78, 5) is 23.2. The summed E-state index contributed by atoms with van der Waals surface area (Å²) in [6.07, 6.45) is 4.19. The number of benzene rings is 1. The summed E-state index contributed by atoms with van der Waals surface area (Å²) in [5.74, 6) is 1.91. The van der Waals surface area contributed by atoms with Crippen LogP contribution in [-0.2, 0) is 6.61 Å². The van der Waals surface area contributed by atoms with Crippen LogP contribution in [0.15, 0.2) is 41.1 Å². The normalized spacial score (nSPS) is 21.1. The maximum absolute atomic E-state index is 12.7. The molecule has 0 spiro atoms. The maximum atomic E-state index is 12.7. The van der Waals surface area contributed by atoms with Gasteiger partial charge in [-0.1, -0.05) is 11.6 Å². The summed E-state index contributed by atoms with van der Waals surface area (Å²) in [6, 6.07) is 7.59. The van der Waals surface area contributed by atoms with Crippen molar-refractivity contribution in [1.82, 2.24) is 14.9 Å². The van der Waals surface area contributed by atoms with E-state index in [0.717, 1.165) is 24.1 Å². The molecule has 138 valence electrons. The second-order valence-corrected chi connectivity index (χ2v) is 8.40. The number of aromatic nitrogens is 2. The Bertz CT molecular complexity index is 1020. The third kappa shape index (κ3) is 3.04. The Morgan fingerprint density at radius 2 is 2.33 bits per heavy atom. The molecule has 2 aliphatic heterocycles. The van der Waals surface area contributed by atoms with Crippen LogP contribution in [0.1, 0.15) is 22.8 Å². The van der Waals surface area contributed by atoms with Crippen LogP contribution < -0.4 is 4.74 Å². The molecule has 0 aliphatic carbocycles. The van der Waals surface area contributed by atoms with Crippen LogP contribution in [-0.4, -0.2) is 44.4 Å². The Labute approximate surface area is 164 Å². The fraction of sp³-hybridized carbons (Fsp3) is 0.316. The molecule has 2 aromatic heterocycles. The standard InChI is InChI=1S/C19H16ClN3O3S/c20-14-3-4-16(18-13(14)2-1-5-21-18)25-9-17-22-15(8-26-17)19(24)23-7-12-6-11(23)10-27-12/h1-5,8,11-12H,6-7,9-10H2. The number of pyridine rings is 1. The van der Waals surface area contributed by atoms with Gasteiger partial charge in [-0.25, -0.2) is 4.98 Å². The second kappa shape index (κ2) is 6.73. The smallest absolute Gasteiger partial charge is 0.276 e. The van der Waals surface area contributed by atoms with Gasteiger partial charge in [0, 0.05) is 35.2 Å². The van der Waals surface area contributed by atoms with Gasteiger partial charge < -0.3 is 14.1 Å². The molecule has 8 heteroatoms. The average Bonchev–Trinajstić information content (AvgIpc) is 3.44. The molecule has 3 aromatic rings. The average molecular weight is 402 g/mol. The first-order valence-corrected chi connectivity index (χ1v) is 10.1. The molecule has 2 bridgehead atoms. The lowest BCUT2D eigenvalue weighted by Gasteiger charge is -2.25. The van der Waals surface area contributed by atoms with Crippen molar-refractivity contribution in [3.63, 3.8) is 0 Å². The molecular weight excluding hydrogens is 386 g/mol. The summed E-state index contributed by atoms with van der Waals surface area (Å²) < 4.78 is 11.3. The molecular formula is C19H16ClN3O3S. The summed E-state index contributed by atoms with van der Waals surface area (Å²) >= 11 is 8.15. The van der Waals surface area contributed by atoms with Gasteiger partial charge in [0.05, 0.1) is 5.02 Å². The number of thioether (sulfide) groups is 1. The van der Waals surface area contributed by atoms with Crippen molar-refractivity contribution in [3.8, 4) is 5.75 Å². The zero-order chi connectivity index (χ0) is 18.4. The first kappa shape index (κ1) is 16.9. The molecule has 0 radical (unpaired) electrons. The minimum Gasteiger partial charge on any atom is -0.482 e. The third-order valence-electron chi connectivity index (χ3n) is 4.96. The molecule has 2 saturated heterocycles. The number of hydrogen-bond donors (Lipinski definition) is 0. The Morgan fingerprint density at radius 3 is 3.15 bits per heavy atom. The Balaban J connectivity index is 1.30. The zero-order valence-corrected chi connectivity index (χ0v) is 15.9. The van der Waals surface area contributed by atoms with E-state index in [0.29, 0.717) is 39.2 Å². The van der Waals surface area contributed by atoms with E-state index in [1.54, 1.807) is 18.3 Å². The first-order valence-electron chi connectivity index (χ1n) is 8.72. The van der Waals surface area contributed by atoms with Crippen molar-refractivity contribution in [2.75, 3.05) is 12.3 Å². The number of nitrogens with zero attached hydrogens (tertiary/aromatic N) is 3. The van der Waals surface area contributed by atoms with Crippen molar-refractivity contribution < 1.29 is 13.9 Å². The minimum atomic E-state index is -0.0589.